The van der Waals surface area contributed by atoms with E-state index in [9.17, 15) is 13.8 Å². The van der Waals surface area contributed by atoms with Crippen molar-refractivity contribution in [1.82, 2.24) is 0 Å². The molecule has 0 fully saturated rings. The van der Waals surface area contributed by atoms with Gasteiger partial charge in [0.2, 0.25) is 0 Å². The largest absolute Gasteiger partial charge is 0.336 e. The molecule has 27 heavy (non-hydrogen) atoms. The molecule has 0 radical (unpaired) electrons. The topological polar surface area (TPSA) is 46.5 Å². The summed E-state index contributed by atoms with van der Waals surface area (Å²) in [6.07, 6.45) is 0.599. The van der Waals surface area contributed by atoms with Gasteiger partial charge in [0, 0.05) is 19.4 Å². The van der Waals surface area contributed by atoms with Crippen LogP contribution in [-0.2, 0) is 15.5 Å². The second-order valence-electron chi connectivity index (χ2n) is 6.51. The molecule has 7 heteroatoms. The SMILES string of the molecule is CCC(C)OP(=O)(O)C(Cc1ccc(F)cc1)c1sc2ccccc2c1Br. The monoisotopic (exact) mass is 470 g/mol. The van der Waals surface area contributed by atoms with Gasteiger partial charge in [0.25, 0.3) is 0 Å². The molecular formula is C20H21BrFO3PS. The van der Waals surface area contributed by atoms with Crippen molar-refractivity contribution in [3.05, 3.63) is 69.3 Å². The maximum Gasteiger partial charge on any atom is 0.336 e. The first kappa shape index (κ1) is 20.7. The van der Waals surface area contributed by atoms with Gasteiger partial charge in [-0.05, 0) is 59.5 Å². The number of hydrogen-bond donors (Lipinski definition) is 1. The Morgan fingerprint density at radius 2 is 1.89 bits per heavy atom. The van der Waals surface area contributed by atoms with E-state index in [1.165, 1.54) is 23.5 Å². The molecule has 144 valence electrons. The van der Waals surface area contributed by atoms with Crippen molar-refractivity contribution in [2.45, 2.75) is 38.5 Å². The van der Waals surface area contributed by atoms with Crippen LogP contribution in [0, 0.1) is 5.82 Å². The zero-order valence-corrected chi connectivity index (χ0v) is 18.4. The van der Waals surface area contributed by atoms with Gasteiger partial charge >= 0.3 is 7.60 Å². The molecule has 0 aliphatic heterocycles. The third-order valence-electron chi connectivity index (χ3n) is 4.50. The third-order valence-corrected chi connectivity index (χ3v) is 8.97. The first-order chi connectivity index (χ1) is 12.8. The molecule has 0 spiro atoms. The summed E-state index contributed by atoms with van der Waals surface area (Å²) in [7, 11) is -3.97. The molecule has 0 amide bonds. The lowest BCUT2D eigenvalue weighted by Crippen LogP contribution is -2.11. The van der Waals surface area contributed by atoms with Crippen LogP contribution in [0.2, 0.25) is 0 Å². The Morgan fingerprint density at radius 1 is 1.22 bits per heavy atom. The van der Waals surface area contributed by atoms with E-state index in [-0.39, 0.29) is 18.3 Å². The standard InChI is InChI=1S/C20H21BrFO3PS/c1-3-13(2)25-26(23,24)17(12-14-8-10-15(22)11-9-14)20-19(21)16-6-4-5-7-18(16)27-20/h4-11,13,17H,3,12H2,1-2H3,(H,23,24). The van der Waals surface area contributed by atoms with E-state index in [1.54, 1.807) is 19.1 Å². The van der Waals surface area contributed by atoms with E-state index in [1.807, 2.05) is 31.2 Å². The molecule has 0 aliphatic carbocycles. The maximum absolute atomic E-state index is 13.3. The fourth-order valence-electron chi connectivity index (χ4n) is 2.85. The van der Waals surface area contributed by atoms with Crippen molar-refractivity contribution in [3.8, 4) is 0 Å². The smallest absolute Gasteiger partial charge is 0.324 e. The van der Waals surface area contributed by atoms with Gasteiger partial charge in [0.05, 0.1) is 6.10 Å². The van der Waals surface area contributed by atoms with E-state index in [4.69, 9.17) is 4.52 Å². The van der Waals surface area contributed by atoms with Gasteiger partial charge in [0.1, 0.15) is 11.5 Å². The number of hydrogen-bond acceptors (Lipinski definition) is 3. The van der Waals surface area contributed by atoms with E-state index < -0.39 is 13.3 Å². The highest BCUT2D eigenvalue weighted by molar-refractivity contribution is 9.10. The predicted molar refractivity (Wildman–Crippen MR) is 113 cm³/mol. The molecule has 3 atom stereocenters. The summed E-state index contributed by atoms with van der Waals surface area (Å²) in [5, 5.41) is 1.00. The van der Waals surface area contributed by atoms with Crippen molar-refractivity contribution in [3.63, 3.8) is 0 Å². The van der Waals surface area contributed by atoms with Crippen LogP contribution in [0.15, 0.2) is 53.0 Å². The van der Waals surface area contributed by atoms with E-state index in [2.05, 4.69) is 15.9 Å². The molecule has 1 N–H and O–H groups in total. The van der Waals surface area contributed by atoms with Gasteiger partial charge in [-0.2, -0.15) is 0 Å². The highest BCUT2D eigenvalue weighted by Gasteiger charge is 2.38. The third kappa shape index (κ3) is 4.69. The van der Waals surface area contributed by atoms with Crippen molar-refractivity contribution >= 4 is 44.9 Å². The molecular weight excluding hydrogens is 450 g/mol. The molecule has 1 aromatic heterocycles. The Kier molecular flexibility index (Phi) is 6.54. The number of benzene rings is 2. The second-order valence-corrected chi connectivity index (χ2v) is 10.4. The summed E-state index contributed by atoms with van der Waals surface area (Å²) >= 11 is 5.10. The average molecular weight is 471 g/mol. The lowest BCUT2D eigenvalue weighted by molar-refractivity contribution is 0.180. The van der Waals surface area contributed by atoms with Gasteiger partial charge in [0.15, 0.2) is 0 Å². The van der Waals surface area contributed by atoms with E-state index >= 15 is 0 Å². The summed E-state index contributed by atoms with van der Waals surface area (Å²) < 4.78 is 33.9. The van der Waals surface area contributed by atoms with Gasteiger partial charge in [-0.1, -0.05) is 37.3 Å². The molecule has 0 bridgehead atoms. The van der Waals surface area contributed by atoms with Crippen molar-refractivity contribution < 1.29 is 18.4 Å². The van der Waals surface area contributed by atoms with Crippen LogP contribution in [-0.4, -0.2) is 11.0 Å². The molecule has 1 heterocycles. The Labute approximate surface area is 170 Å². The van der Waals surface area contributed by atoms with Crippen LogP contribution in [0.25, 0.3) is 10.1 Å². The first-order valence-electron chi connectivity index (χ1n) is 8.74. The van der Waals surface area contributed by atoms with Gasteiger partial charge in [-0.3, -0.25) is 4.57 Å². The fourth-order valence-corrected chi connectivity index (χ4v) is 7.34. The molecule has 0 saturated heterocycles. The molecule has 3 unspecified atom stereocenters. The Morgan fingerprint density at radius 3 is 2.52 bits per heavy atom. The lowest BCUT2D eigenvalue weighted by atomic mass is 10.1. The summed E-state index contributed by atoms with van der Waals surface area (Å²) in [6, 6.07) is 13.9. The summed E-state index contributed by atoms with van der Waals surface area (Å²) in [4.78, 5) is 11.6. The van der Waals surface area contributed by atoms with Crippen LogP contribution >= 0.6 is 34.9 Å². The number of rotatable bonds is 7. The van der Waals surface area contributed by atoms with Crippen molar-refractivity contribution in [2.75, 3.05) is 0 Å². The number of thiophene rings is 1. The number of halogens is 2. The highest BCUT2D eigenvalue weighted by Crippen LogP contribution is 2.62. The molecule has 0 saturated carbocycles. The minimum Gasteiger partial charge on any atom is -0.324 e. The van der Waals surface area contributed by atoms with Crippen LogP contribution in [0.5, 0.6) is 0 Å². The van der Waals surface area contributed by atoms with E-state index in [0.29, 0.717) is 6.42 Å². The summed E-state index contributed by atoms with van der Waals surface area (Å²) in [5.41, 5.74) is 0.0523. The molecule has 3 nitrogen and oxygen atoms in total. The fraction of sp³-hybridized carbons (Fsp3) is 0.300. The Hall–Kier alpha value is -1.04. The molecule has 3 rings (SSSR count). The van der Waals surface area contributed by atoms with Gasteiger partial charge in [-0.15, -0.1) is 11.3 Å². The Balaban J connectivity index is 2.06. The Bertz CT molecular complexity index is 973. The number of fused-ring (bicyclic) bond motifs is 1. The zero-order chi connectivity index (χ0) is 19.6. The van der Waals surface area contributed by atoms with Crippen LogP contribution in [0.3, 0.4) is 0 Å². The molecule has 3 aromatic rings. The first-order valence-corrected chi connectivity index (χ1v) is 12.0. The quantitative estimate of drug-likeness (QED) is 0.375. The lowest BCUT2D eigenvalue weighted by Gasteiger charge is -2.25. The molecule has 2 aromatic carbocycles. The normalized spacial score (nSPS) is 16.2. The summed E-state index contributed by atoms with van der Waals surface area (Å²) in [6.45, 7) is 3.70. The second kappa shape index (κ2) is 8.54. The van der Waals surface area contributed by atoms with Crippen LogP contribution in [0.4, 0.5) is 4.39 Å². The van der Waals surface area contributed by atoms with Gasteiger partial charge < -0.3 is 9.42 Å². The maximum atomic E-state index is 13.3. The molecule has 0 aliphatic rings. The average Bonchev–Trinajstić information content (AvgIpc) is 2.97. The van der Waals surface area contributed by atoms with Crippen LogP contribution < -0.4 is 0 Å². The summed E-state index contributed by atoms with van der Waals surface area (Å²) in [5.74, 6) is -0.332. The predicted octanol–water partition coefficient (Wildman–Crippen LogP) is 7.09. The van der Waals surface area contributed by atoms with E-state index in [0.717, 1.165) is 25.0 Å². The zero-order valence-electron chi connectivity index (χ0n) is 15.1. The van der Waals surface area contributed by atoms with Crippen molar-refractivity contribution in [1.29, 1.82) is 0 Å². The van der Waals surface area contributed by atoms with Crippen molar-refractivity contribution in [2.24, 2.45) is 0 Å². The van der Waals surface area contributed by atoms with Crippen LogP contribution in [0.1, 0.15) is 36.4 Å². The minimum atomic E-state index is -3.97. The van der Waals surface area contributed by atoms with Gasteiger partial charge in [-0.25, -0.2) is 4.39 Å². The minimum absolute atomic E-state index is 0.288. The highest BCUT2D eigenvalue weighted by atomic mass is 79.9.